The highest BCUT2D eigenvalue weighted by Crippen LogP contribution is 2.28. The maximum absolute atomic E-state index is 8.49. The Hall–Kier alpha value is -1.73. The third-order valence-electron chi connectivity index (χ3n) is 2.74. The van der Waals surface area contributed by atoms with Gasteiger partial charge in [-0.1, -0.05) is 6.07 Å². The Morgan fingerprint density at radius 3 is 2.60 bits per heavy atom. The third-order valence-corrected chi connectivity index (χ3v) is 2.74. The Morgan fingerprint density at radius 2 is 2.00 bits per heavy atom. The van der Waals surface area contributed by atoms with Crippen molar-refractivity contribution >= 4 is 0 Å². The number of nitriles is 1. The van der Waals surface area contributed by atoms with E-state index in [9.17, 15) is 0 Å². The molecule has 0 fully saturated rings. The molecule has 110 valence electrons. The Kier molecular flexibility index (Phi) is 6.33. The molecular formula is C16H24N2O2. The smallest absolute Gasteiger partial charge is 0.161 e. The van der Waals surface area contributed by atoms with Crippen LogP contribution in [0.2, 0.25) is 0 Å². The largest absolute Gasteiger partial charge is 0.493 e. The van der Waals surface area contributed by atoms with Crippen LogP contribution in [0.3, 0.4) is 0 Å². The molecule has 0 heterocycles. The number of benzene rings is 1. The van der Waals surface area contributed by atoms with Gasteiger partial charge in [0.1, 0.15) is 0 Å². The molecule has 0 aliphatic carbocycles. The highest BCUT2D eigenvalue weighted by molar-refractivity contribution is 5.43. The molecule has 1 N–H and O–H groups in total. The first kappa shape index (κ1) is 16.3. The number of unbranched alkanes of at least 4 members (excludes halogenated alkanes) is 1. The predicted molar refractivity (Wildman–Crippen MR) is 79.9 cm³/mol. The van der Waals surface area contributed by atoms with Crippen molar-refractivity contribution in [1.82, 2.24) is 5.32 Å². The first-order valence-corrected chi connectivity index (χ1v) is 6.88. The SMILES string of the molecule is COc1cc(CNC(C)(C)C)ccc1OCCCC#N. The number of nitrogens with zero attached hydrogens (tertiary/aromatic N) is 1. The number of nitrogens with one attached hydrogen (secondary N) is 1. The molecule has 0 atom stereocenters. The summed E-state index contributed by atoms with van der Waals surface area (Å²) in [5.74, 6) is 1.46. The molecule has 0 aliphatic rings. The average molecular weight is 276 g/mol. The summed E-state index contributed by atoms with van der Waals surface area (Å²) in [6.07, 6.45) is 1.24. The van der Waals surface area contributed by atoms with Gasteiger partial charge in [-0.3, -0.25) is 0 Å². The summed E-state index contributed by atoms with van der Waals surface area (Å²) in [5, 5.41) is 11.9. The topological polar surface area (TPSA) is 54.3 Å². The van der Waals surface area contributed by atoms with Crippen LogP contribution < -0.4 is 14.8 Å². The van der Waals surface area contributed by atoms with Crippen LogP contribution in [0.4, 0.5) is 0 Å². The lowest BCUT2D eigenvalue weighted by Crippen LogP contribution is -2.35. The monoisotopic (exact) mass is 276 g/mol. The number of hydrogen-bond donors (Lipinski definition) is 1. The van der Waals surface area contributed by atoms with Crippen LogP contribution in [0.5, 0.6) is 11.5 Å². The van der Waals surface area contributed by atoms with E-state index in [0.717, 1.165) is 30.0 Å². The van der Waals surface area contributed by atoms with E-state index in [1.165, 1.54) is 0 Å². The van der Waals surface area contributed by atoms with Gasteiger partial charge in [-0.2, -0.15) is 5.26 Å². The van der Waals surface area contributed by atoms with Crippen molar-refractivity contribution in [2.45, 2.75) is 45.7 Å². The summed E-state index contributed by atoms with van der Waals surface area (Å²) >= 11 is 0. The summed E-state index contributed by atoms with van der Waals surface area (Å²) in [6.45, 7) is 7.73. The molecule has 0 aromatic heterocycles. The van der Waals surface area contributed by atoms with Gasteiger partial charge in [0.25, 0.3) is 0 Å². The van der Waals surface area contributed by atoms with Crippen molar-refractivity contribution in [3.8, 4) is 17.6 Å². The minimum atomic E-state index is 0.0830. The first-order chi connectivity index (χ1) is 9.46. The zero-order chi connectivity index (χ0) is 15.0. The van der Waals surface area contributed by atoms with E-state index in [4.69, 9.17) is 14.7 Å². The third kappa shape index (κ3) is 5.94. The van der Waals surface area contributed by atoms with Crippen molar-refractivity contribution in [3.63, 3.8) is 0 Å². The molecule has 1 rings (SSSR count). The van der Waals surface area contributed by atoms with Crippen molar-refractivity contribution in [2.24, 2.45) is 0 Å². The number of rotatable bonds is 7. The molecule has 0 saturated heterocycles. The van der Waals surface area contributed by atoms with E-state index in [1.54, 1.807) is 7.11 Å². The van der Waals surface area contributed by atoms with Crippen LogP contribution in [0.15, 0.2) is 18.2 Å². The lowest BCUT2D eigenvalue weighted by atomic mass is 10.1. The maximum atomic E-state index is 8.49. The molecular weight excluding hydrogens is 252 g/mol. The predicted octanol–water partition coefficient (Wildman–Crippen LogP) is 3.27. The fraction of sp³-hybridized carbons (Fsp3) is 0.562. The van der Waals surface area contributed by atoms with Gasteiger partial charge < -0.3 is 14.8 Å². The van der Waals surface area contributed by atoms with Crippen LogP contribution in [0.25, 0.3) is 0 Å². The minimum Gasteiger partial charge on any atom is -0.493 e. The second kappa shape index (κ2) is 7.76. The highest BCUT2D eigenvalue weighted by atomic mass is 16.5. The average Bonchev–Trinajstić information content (AvgIpc) is 2.41. The van der Waals surface area contributed by atoms with Crippen molar-refractivity contribution < 1.29 is 9.47 Å². The van der Waals surface area contributed by atoms with Gasteiger partial charge in [-0.15, -0.1) is 0 Å². The molecule has 1 aromatic carbocycles. The molecule has 1 aromatic rings. The molecule has 0 bridgehead atoms. The van der Waals surface area contributed by atoms with E-state index in [1.807, 2.05) is 18.2 Å². The molecule has 0 saturated carbocycles. The van der Waals surface area contributed by atoms with Gasteiger partial charge in [0.05, 0.1) is 19.8 Å². The van der Waals surface area contributed by atoms with Gasteiger partial charge in [0.2, 0.25) is 0 Å². The maximum Gasteiger partial charge on any atom is 0.161 e. The van der Waals surface area contributed by atoms with Crippen LogP contribution in [-0.4, -0.2) is 19.3 Å². The molecule has 0 spiro atoms. The molecule has 4 heteroatoms. The molecule has 0 radical (unpaired) electrons. The first-order valence-electron chi connectivity index (χ1n) is 6.88. The Bertz CT molecular complexity index is 459. The lowest BCUT2D eigenvalue weighted by Gasteiger charge is -2.21. The van der Waals surface area contributed by atoms with Gasteiger partial charge in [-0.05, 0) is 44.9 Å². The Morgan fingerprint density at radius 1 is 1.25 bits per heavy atom. The number of hydrogen-bond acceptors (Lipinski definition) is 4. The lowest BCUT2D eigenvalue weighted by molar-refractivity contribution is 0.290. The molecule has 0 amide bonds. The number of ether oxygens (including phenoxy) is 2. The zero-order valence-corrected chi connectivity index (χ0v) is 12.8. The Balaban J connectivity index is 2.63. The van der Waals surface area contributed by atoms with Crippen LogP contribution in [0.1, 0.15) is 39.2 Å². The van der Waals surface area contributed by atoms with Gasteiger partial charge in [0, 0.05) is 18.5 Å². The summed E-state index contributed by atoms with van der Waals surface area (Å²) in [6, 6.07) is 8.04. The fourth-order valence-corrected chi connectivity index (χ4v) is 1.64. The van der Waals surface area contributed by atoms with E-state index < -0.39 is 0 Å². The summed E-state index contributed by atoms with van der Waals surface area (Å²) in [5.41, 5.74) is 1.24. The van der Waals surface area contributed by atoms with Gasteiger partial charge in [-0.25, -0.2) is 0 Å². The summed E-state index contributed by atoms with van der Waals surface area (Å²) in [7, 11) is 1.64. The standard InChI is InChI=1S/C16H24N2O2/c1-16(2,3)18-12-13-7-8-14(15(11-13)19-4)20-10-6-5-9-17/h7-8,11,18H,5-6,10,12H2,1-4H3. The van der Waals surface area contributed by atoms with Gasteiger partial charge in [0.15, 0.2) is 11.5 Å². The van der Waals surface area contributed by atoms with Crippen LogP contribution in [-0.2, 0) is 6.54 Å². The number of methoxy groups -OCH3 is 1. The molecule has 20 heavy (non-hydrogen) atoms. The van der Waals surface area contributed by atoms with Crippen LogP contribution in [0, 0.1) is 11.3 Å². The molecule has 4 nitrogen and oxygen atoms in total. The molecule has 0 aliphatic heterocycles. The van der Waals surface area contributed by atoms with Gasteiger partial charge >= 0.3 is 0 Å². The van der Waals surface area contributed by atoms with Crippen molar-refractivity contribution in [2.75, 3.05) is 13.7 Å². The van der Waals surface area contributed by atoms with E-state index in [0.29, 0.717) is 13.0 Å². The normalized spacial score (nSPS) is 10.9. The van der Waals surface area contributed by atoms with E-state index >= 15 is 0 Å². The van der Waals surface area contributed by atoms with Crippen LogP contribution >= 0.6 is 0 Å². The van der Waals surface area contributed by atoms with E-state index in [-0.39, 0.29) is 5.54 Å². The zero-order valence-electron chi connectivity index (χ0n) is 12.8. The van der Waals surface area contributed by atoms with E-state index in [2.05, 4.69) is 32.2 Å². The Labute approximate surface area is 121 Å². The highest BCUT2D eigenvalue weighted by Gasteiger charge is 2.10. The summed E-state index contributed by atoms with van der Waals surface area (Å²) in [4.78, 5) is 0. The van der Waals surface area contributed by atoms with Crippen molar-refractivity contribution in [3.05, 3.63) is 23.8 Å². The van der Waals surface area contributed by atoms with Crippen molar-refractivity contribution in [1.29, 1.82) is 5.26 Å². The summed E-state index contributed by atoms with van der Waals surface area (Å²) < 4.78 is 11.0. The molecule has 0 unspecified atom stereocenters. The fourth-order valence-electron chi connectivity index (χ4n) is 1.64. The second-order valence-electron chi connectivity index (χ2n) is 5.70. The quantitative estimate of drug-likeness (QED) is 0.777. The second-order valence-corrected chi connectivity index (χ2v) is 5.70. The minimum absolute atomic E-state index is 0.0830.